The molecule has 1 heterocycles. The van der Waals surface area contributed by atoms with Crippen LogP contribution >= 0.6 is 12.4 Å². The number of likely N-dealkylation sites (tertiary alicyclic amines) is 1. The van der Waals surface area contributed by atoms with Crippen molar-refractivity contribution in [3.8, 4) is 0 Å². The van der Waals surface area contributed by atoms with Gasteiger partial charge in [-0.25, -0.2) is 0 Å². The van der Waals surface area contributed by atoms with Crippen molar-refractivity contribution in [3.05, 3.63) is 0 Å². The van der Waals surface area contributed by atoms with E-state index < -0.39 is 0 Å². The number of rotatable bonds is 3. The second kappa shape index (κ2) is 5.52. The van der Waals surface area contributed by atoms with Gasteiger partial charge in [0.2, 0.25) is 0 Å². The standard InChI is InChI=1S/C7H14N2O.ClH/c8-3-1-4-9-5-2-7(10)6-9;/h1-6,8H2;1H. The van der Waals surface area contributed by atoms with E-state index in [0.29, 0.717) is 12.3 Å². The van der Waals surface area contributed by atoms with Gasteiger partial charge in [0.15, 0.2) is 0 Å². The van der Waals surface area contributed by atoms with Crippen molar-refractivity contribution < 1.29 is 4.79 Å². The number of nitrogens with zero attached hydrogens (tertiary/aromatic N) is 1. The zero-order chi connectivity index (χ0) is 7.40. The highest BCUT2D eigenvalue weighted by Crippen LogP contribution is 2.03. The quantitative estimate of drug-likeness (QED) is 0.664. The Hall–Kier alpha value is -0.120. The Morgan fingerprint density at radius 3 is 2.73 bits per heavy atom. The summed E-state index contributed by atoms with van der Waals surface area (Å²) in [7, 11) is 0. The molecule has 3 nitrogen and oxygen atoms in total. The van der Waals surface area contributed by atoms with Gasteiger partial charge in [-0.1, -0.05) is 0 Å². The van der Waals surface area contributed by atoms with E-state index in [1.165, 1.54) is 0 Å². The van der Waals surface area contributed by atoms with Gasteiger partial charge in [0, 0.05) is 13.0 Å². The van der Waals surface area contributed by atoms with E-state index in [1.54, 1.807) is 0 Å². The van der Waals surface area contributed by atoms with E-state index in [9.17, 15) is 4.79 Å². The number of ketones is 1. The number of nitrogens with two attached hydrogens (primary N) is 1. The van der Waals surface area contributed by atoms with Crippen molar-refractivity contribution in [2.75, 3.05) is 26.2 Å². The Labute approximate surface area is 73.3 Å². The first-order valence-electron chi connectivity index (χ1n) is 3.77. The number of hydrogen-bond donors (Lipinski definition) is 1. The van der Waals surface area contributed by atoms with Crippen molar-refractivity contribution >= 4 is 18.2 Å². The molecular formula is C7H15ClN2O. The lowest BCUT2D eigenvalue weighted by molar-refractivity contribution is -0.116. The molecule has 4 heteroatoms. The SMILES string of the molecule is Cl.NCCCN1CCC(=O)C1. The Bertz CT molecular complexity index is 130. The lowest BCUT2D eigenvalue weighted by atomic mass is 10.4. The predicted octanol–water partition coefficient (Wildman–Crippen LogP) is 0.0318. The van der Waals surface area contributed by atoms with Gasteiger partial charge in [-0.3, -0.25) is 9.69 Å². The van der Waals surface area contributed by atoms with Crippen LogP contribution in [0.15, 0.2) is 0 Å². The minimum absolute atomic E-state index is 0. The second-order valence-corrected chi connectivity index (χ2v) is 2.71. The molecule has 11 heavy (non-hydrogen) atoms. The Kier molecular flexibility index (Phi) is 5.46. The van der Waals surface area contributed by atoms with Crippen LogP contribution in [0.25, 0.3) is 0 Å². The fourth-order valence-corrected chi connectivity index (χ4v) is 1.20. The molecule has 1 saturated heterocycles. The summed E-state index contributed by atoms with van der Waals surface area (Å²) in [5.41, 5.74) is 5.33. The van der Waals surface area contributed by atoms with Gasteiger partial charge < -0.3 is 5.73 Å². The van der Waals surface area contributed by atoms with Crippen LogP contribution in [-0.2, 0) is 4.79 Å². The van der Waals surface area contributed by atoms with Crippen LogP contribution in [0, 0.1) is 0 Å². The largest absolute Gasteiger partial charge is 0.330 e. The second-order valence-electron chi connectivity index (χ2n) is 2.71. The summed E-state index contributed by atoms with van der Waals surface area (Å²) in [6.45, 7) is 3.31. The highest BCUT2D eigenvalue weighted by molar-refractivity contribution is 5.85. The average Bonchev–Trinajstić information content (AvgIpc) is 2.31. The molecule has 1 aliphatic heterocycles. The van der Waals surface area contributed by atoms with Crippen LogP contribution in [0.5, 0.6) is 0 Å². The molecule has 1 fully saturated rings. The lowest BCUT2D eigenvalue weighted by Crippen LogP contribution is -2.23. The minimum Gasteiger partial charge on any atom is -0.330 e. The molecule has 0 aromatic rings. The minimum atomic E-state index is 0. The van der Waals surface area contributed by atoms with Gasteiger partial charge in [0.1, 0.15) is 5.78 Å². The zero-order valence-electron chi connectivity index (χ0n) is 6.58. The molecule has 66 valence electrons. The third kappa shape index (κ3) is 3.70. The van der Waals surface area contributed by atoms with Gasteiger partial charge >= 0.3 is 0 Å². The monoisotopic (exact) mass is 178 g/mol. The van der Waals surface area contributed by atoms with Gasteiger partial charge in [-0.2, -0.15) is 0 Å². The maximum Gasteiger partial charge on any atom is 0.148 e. The van der Waals surface area contributed by atoms with Crippen molar-refractivity contribution in [1.29, 1.82) is 0 Å². The molecule has 0 aromatic carbocycles. The maximum atomic E-state index is 10.7. The van der Waals surface area contributed by atoms with Crippen molar-refractivity contribution in [2.24, 2.45) is 5.73 Å². The molecule has 1 aliphatic rings. The highest BCUT2D eigenvalue weighted by Gasteiger charge is 2.17. The van der Waals surface area contributed by atoms with Crippen LogP contribution in [0.2, 0.25) is 0 Å². The van der Waals surface area contributed by atoms with Crippen LogP contribution in [-0.4, -0.2) is 36.9 Å². The summed E-state index contributed by atoms with van der Waals surface area (Å²) in [6, 6.07) is 0. The first kappa shape index (κ1) is 10.9. The number of halogens is 1. The topological polar surface area (TPSA) is 46.3 Å². The summed E-state index contributed by atoms with van der Waals surface area (Å²) in [4.78, 5) is 12.9. The van der Waals surface area contributed by atoms with Crippen molar-refractivity contribution in [1.82, 2.24) is 4.90 Å². The van der Waals surface area contributed by atoms with Gasteiger partial charge in [-0.15, -0.1) is 12.4 Å². The molecule has 0 atom stereocenters. The molecule has 0 amide bonds. The maximum absolute atomic E-state index is 10.7. The van der Waals surface area contributed by atoms with E-state index in [1.807, 2.05) is 0 Å². The van der Waals surface area contributed by atoms with Crippen LogP contribution in [0.4, 0.5) is 0 Å². The summed E-state index contributed by atoms with van der Waals surface area (Å²) in [5.74, 6) is 0.372. The number of carbonyl (C=O) groups excluding carboxylic acids is 1. The summed E-state index contributed by atoms with van der Waals surface area (Å²) in [5, 5.41) is 0. The van der Waals surface area contributed by atoms with Gasteiger partial charge in [0.25, 0.3) is 0 Å². The van der Waals surface area contributed by atoms with Crippen LogP contribution < -0.4 is 5.73 Å². The molecule has 0 spiro atoms. The molecule has 2 N–H and O–H groups in total. The first-order valence-corrected chi connectivity index (χ1v) is 3.77. The summed E-state index contributed by atoms with van der Waals surface area (Å²) >= 11 is 0. The van der Waals surface area contributed by atoms with E-state index in [2.05, 4.69) is 4.90 Å². The number of Topliss-reactive ketones (excluding diaryl/α,β-unsaturated/α-hetero) is 1. The normalized spacial score (nSPS) is 18.5. The molecule has 0 bridgehead atoms. The summed E-state index contributed by atoms with van der Waals surface area (Å²) < 4.78 is 0. The predicted molar refractivity (Wildman–Crippen MR) is 47.0 cm³/mol. The lowest BCUT2D eigenvalue weighted by Gasteiger charge is -2.11. The zero-order valence-corrected chi connectivity index (χ0v) is 7.40. The van der Waals surface area contributed by atoms with Crippen molar-refractivity contribution in [3.63, 3.8) is 0 Å². The molecule has 0 unspecified atom stereocenters. The third-order valence-corrected chi connectivity index (χ3v) is 1.79. The van der Waals surface area contributed by atoms with Gasteiger partial charge in [0.05, 0.1) is 6.54 Å². The van der Waals surface area contributed by atoms with E-state index in [4.69, 9.17) is 5.73 Å². The fraction of sp³-hybridized carbons (Fsp3) is 0.857. The summed E-state index contributed by atoms with van der Waals surface area (Å²) in [6.07, 6.45) is 1.75. The average molecular weight is 179 g/mol. The third-order valence-electron chi connectivity index (χ3n) is 1.79. The number of hydrogen-bond acceptors (Lipinski definition) is 3. The van der Waals surface area contributed by atoms with Crippen LogP contribution in [0.1, 0.15) is 12.8 Å². The first-order chi connectivity index (χ1) is 4.83. The Morgan fingerprint density at radius 2 is 2.27 bits per heavy atom. The van der Waals surface area contributed by atoms with Crippen LogP contribution in [0.3, 0.4) is 0 Å². The highest BCUT2D eigenvalue weighted by atomic mass is 35.5. The Morgan fingerprint density at radius 1 is 1.55 bits per heavy atom. The molecule has 0 radical (unpaired) electrons. The van der Waals surface area contributed by atoms with Crippen molar-refractivity contribution in [2.45, 2.75) is 12.8 Å². The smallest absolute Gasteiger partial charge is 0.148 e. The molecule has 1 rings (SSSR count). The Balaban J connectivity index is 0.000001000. The van der Waals surface area contributed by atoms with Gasteiger partial charge in [-0.05, 0) is 19.5 Å². The molecule has 0 saturated carbocycles. The van der Waals surface area contributed by atoms with E-state index in [0.717, 1.165) is 32.5 Å². The van der Waals surface area contributed by atoms with E-state index in [-0.39, 0.29) is 12.4 Å². The molecule has 0 aliphatic carbocycles. The van der Waals surface area contributed by atoms with E-state index >= 15 is 0 Å². The number of carbonyl (C=O) groups is 1. The molecule has 0 aromatic heterocycles. The fourth-order valence-electron chi connectivity index (χ4n) is 1.20. The molecular weight excluding hydrogens is 164 g/mol.